The lowest BCUT2D eigenvalue weighted by Crippen LogP contribution is -2.38. The Morgan fingerprint density at radius 2 is 2.00 bits per heavy atom. The summed E-state index contributed by atoms with van der Waals surface area (Å²) in [7, 11) is 0. The van der Waals surface area contributed by atoms with Gasteiger partial charge in [0.05, 0.1) is 5.56 Å². The third-order valence-corrected chi connectivity index (χ3v) is 3.78. The predicted molar refractivity (Wildman–Crippen MR) is 75.1 cm³/mol. The first-order valence-electron chi connectivity index (χ1n) is 6.25. The summed E-state index contributed by atoms with van der Waals surface area (Å²) in [4.78, 5) is 12.0. The van der Waals surface area contributed by atoms with Gasteiger partial charge < -0.3 is 5.32 Å². The maximum atomic E-state index is 13.6. The zero-order chi connectivity index (χ0) is 13.7. The Kier molecular flexibility index (Phi) is 5.79. The van der Waals surface area contributed by atoms with Crippen molar-refractivity contribution in [1.82, 2.24) is 5.32 Å². The fourth-order valence-electron chi connectivity index (χ4n) is 2.07. The van der Waals surface area contributed by atoms with Crippen molar-refractivity contribution >= 4 is 21.8 Å². The number of amides is 1. The van der Waals surface area contributed by atoms with Gasteiger partial charge in [0.15, 0.2) is 0 Å². The van der Waals surface area contributed by atoms with E-state index in [0.717, 1.165) is 12.8 Å². The average Bonchev–Trinajstić information content (AvgIpc) is 2.33. The first kappa shape index (κ1) is 15.2. The van der Waals surface area contributed by atoms with Crippen LogP contribution < -0.4 is 5.32 Å². The van der Waals surface area contributed by atoms with Crippen LogP contribution in [0.15, 0.2) is 22.7 Å². The lowest BCUT2D eigenvalue weighted by Gasteiger charge is -2.22. The Bertz CT molecular complexity index is 418. The molecule has 0 heterocycles. The SMILES string of the molecule is CCC(CC)C(C)NC(=O)c1cc(Br)ccc1F. The van der Waals surface area contributed by atoms with Gasteiger partial charge in [0.25, 0.3) is 5.91 Å². The molecule has 0 aliphatic carbocycles. The van der Waals surface area contributed by atoms with Gasteiger partial charge in [-0.1, -0.05) is 42.6 Å². The van der Waals surface area contributed by atoms with Gasteiger partial charge in [-0.25, -0.2) is 4.39 Å². The Labute approximate surface area is 116 Å². The van der Waals surface area contributed by atoms with Crippen LogP contribution in [0, 0.1) is 11.7 Å². The van der Waals surface area contributed by atoms with Crippen molar-refractivity contribution in [3.8, 4) is 0 Å². The van der Waals surface area contributed by atoms with Crippen LogP contribution in [0.4, 0.5) is 4.39 Å². The van der Waals surface area contributed by atoms with E-state index in [-0.39, 0.29) is 17.5 Å². The predicted octanol–water partition coefficient (Wildman–Crippen LogP) is 4.14. The summed E-state index contributed by atoms with van der Waals surface area (Å²) >= 11 is 3.24. The lowest BCUT2D eigenvalue weighted by atomic mass is 9.95. The molecule has 1 aromatic rings. The van der Waals surface area contributed by atoms with Crippen molar-refractivity contribution in [3.05, 3.63) is 34.1 Å². The Morgan fingerprint density at radius 1 is 1.39 bits per heavy atom. The second-order valence-corrected chi connectivity index (χ2v) is 5.38. The molecule has 0 aromatic heterocycles. The molecule has 1 unspecified atom stereocenters. The van der Waals surface area contributed by atoms with Crippen LogP contribution in [0.5, 0.6) is 0 Å². The Balaban J connectivity index is 2.79. The van der Waals surface area contributed by atoms with Gasteiger partial charge in [0, 0.05) is 10.5 Å². The van der Waals surface area contributed by atoms with E-state index in [0.29, 0.717) is 10.4 Å². The molecule has 0 radical (unpaired) electrons. The minimum absolute atomic E-state index is 0.0471. The quantitative estimate of drug-likeness (QED) is 0.869. The highest BCUT2D eigenvalue weighted by Crippen LogP contribution is 2.17. The third kappa shape index (κ3) is 3.80. The van der Waals surface area contributed by atoms with Gasteiger partial charge >= 0.3 is 0 Å². The van der Waals surface area contributed by atoms with Crippen molar-refractivity contribution in [1.29, 1.82) is 0 Å². The molecule has 0 saturated heterocycles. The van der Waals surface area contributed by atoms with Crippen molar-refractivity contribution in [3.63, 3.8) is 0 Å². The smallest absolute Gasteiger partial charge is 0.254 e. The normalized spacial score (nSPS) is 12.6. The minimum atomic E-state index is -0.493. The van der Waals surface area contributed by atoms with E-state index in [1.54, 1.807) is 6.07 Å². The number of hydrogen-bond acceptors (Lipinski definition) is 1. The first-order valence-corrected chi connectivity index (χ1v) is 7.04. The van der Waals surface area contributed by atoms with E-state index in [2.05, 4.69) is 35.1 Å². The number of rotatable bonds is 5. The molecule has 0 aliphatic heterocycles. The standard InChI is InChI=1S/C14H19BrFNO/c1-4-10(5-2)9(3)17-14(18)12-8-11(15)6-7-13(12)16/h6-10H,4-5H2,1-3H3,(H,17,18). The molecule has 0 saturated carbocycles. The molecular weight excluding hydrogens is 297 g/mol. The van der Waals surface area contributed by atoms with Gasteiger partial charge in [-0.05, 0) is 31.0 Å². The van der Waals surface area contributed by atoms with Crippen LogP contribution in [0.3, 0.4) is 0 Å². The van der Waals surface area contributed by atoms with E-state index >= 15 is 0 Å². The average molecular weight is 316 g/mol. The maximum Gasteiger partial charge on any atom is 0.254 e. The molecule has 100 valence electrons. The van der Waals surface area contributed by atoms with Crippen LogP contribution in [-0.2, 0) is 0 Å². The summed E-state index contributed by atoms with van der Waals surface area (Å²) in [5.74, 6) is -0.426. The number of halogens is 2. The molecule has 0 bridgehead atoms. The van der Waals surface area contributed by atoms with E-state index < -0.39 is 5.82 Å². The zero-order valence-corrected chi connectivity index (χ0v) is 12.6. The summed E-state index contributed by atoms with van der Waals surface area (Å²) in [5.41, 5.74) is 0.0854. The molecule has 0 spiro atoms. The molecule has 1 atom stereocenters. The summed E-state index contributed by atoms with van der Waals surface area (Å²) in [6.45, 7) is 6.15. The Hall–Kier alpha value is -0.900. The molecule has 1 aromatic carbocycles. The van der Waals surface area contributed by atoms with Gasteiger partial charge in [-0.3, -0.25) is 4.79 Å². The molecule has 0 fully saturated rings. The number of nitrogens with one attached hydrogen (secondary N) is 1. The molecule has 0 aliphatic rings. The number of benzene rings is 1. The largest absolute Gasteiger partial charge is 0.349 e. The summed E-state index contributed by atoms with van der Waals surface area (Å²) < 4.78 is 14.3. The summed E-state index contributed by atoms with van der Waals surface area (Å²) in [6.07, 6.45) is 2.00. The third-order valence-electron chi connectivity index (χ3n) is 3.29. The topological polar surface area (TPSA) is 29.1 Å². The molecule has 1 amide bonds. The molecule has 1 N–H and O–H groups in total. The monoisotopic (exact) mass is 315 g/mol. The van der Waals surface area contributed by atoms with Crippen molar-refractivity contribution < 1.29 is 9.18 Å². The number of hydrogen-bond donors (Lipinski definition) is 1. The van der Waals surface area contributed by atoms with E-state index in [9.17, 15) is 9.18 Å². The van der Waals surface area contributed by atoms with Gasteiger partial charge in [0.2, 0.25) is 0 Å². The van der Waals surface area contributed by atoms with Crippen molar-refractivity contribution in [2.45, 2.75) is 39.7 Å². The van der Waals surface area contributed by atoms with Crippen LogP contribution in [0.25, 0.3) is 0 Å². The van der Waals surface area contributed by atoms with E-state index in [4.69, 9.17) is 0 Å². The van der Waals surface area contributed by atoms with Gasteiger partial charge in [-0.15, -0.1) is 0 Å². The highest BCUT2D eigenvalue weighted by atomic mass is 79.9. The summed E-state index contributed by atoms with van der Waals surface area (Å²) in [6, 6.07) is 4.42. The Morgan fingerprint density at radius 3 is 2.56 bits per heavy atom. The molecule has 18 heavy (non-hydrogen) atoms. The van der Waals surface area contributed by atoms with Gasteiger partial charge in [0.1, 0.15) is 5.82 Å². The van der Waals surface area contributed by atoms with E-state index in [1.165, 1.54) is 12.1 Å². The van der Waals surface area contributed by atoms with Crippen molar-refractivity contribution in [2.24, 2.45) is 5.92 Å². The van der Waals surface area contributed by atoms with Gasteiger partial charge in [-0.2, -0.15) is 0 Å². The lowest BCUT2D eigenvalue weighted by molar-refractivity contribution is 0.0921. The molecule has 1 rings (SSSR count). The van der Waals surface area contributed by atoms with Crippen LogP contribution >= 0.6 is 15.9 Å². The van der Waals surface area contributed by atoms with Crippen molar-refractivity contribution in [2.75, 3.05) is 0 Å². The van der Waals surface area contributed by atoms with Crippen LogP contribution in [-0.4, -0.2) is 11.9 Å². The highest BCUT2D eigenvalue weighted by Gasteiger charge is 2.18. The zero-order valence-electron chi connectivity index (χ0n) is 11.0. The minimum Gasteiger partial charge on any atom is -0.349 e. The van der Waals surface area contributed by atoms with Crippen LogP contribution in [0.2, 0.25) is 0 Å². The number of carbonyl (C=O) groups is 1. The first-order chi connectivity index (χ1) is 8.49. The number of carbonyl (C=O) groups excluding carboxylic acids is 1. The molecule has 2 nitrogen and oxygen atoms in total. The second kappa shape index (κ2) is 6.88. The molecule has 4 heteroatoms. The van der Waals surface area contributed by atoms with Crippen LogP contribution in [0.1, 0.15) is 44.0 Å². The maximum absolute atomic E-state index is 13.6. The second-order valence-electron chi connectivity index (χ2n) is 4.46. The summed E-state index contributed by atoms with van der Waals surface area (Å²) in [5, 5.41) is 2.87. The fraction of sp³-hybridized carbons (Fsp3) is 0.500. The molecular formula is C14H19BrFNO. The fourth-order valence-corrected chi connectivity index (χ4v) is 2.43. The van der Waals surface area contributed by atoms with E-state index in [1.807, 2.05) is 6.92 Å². The highest BCUT2D eigenvalue weighted by molar-refractivity contribution is 9.10.